The number of carbonyl (C=O) groups is 1. The molecular formula is C17H19FN2O2. The minimum Gasteiger partial charge on any atom is -0.469 e. The molecule has 116 valence electrons. The minimum atomic E-state index is -0.278. The molecule has 0 aliphatic heterocycles. The number of anilines is 1. The van der Waals surface area contributed by atoms with Crippen LogP contribution >= 0.6 is 0 Å². The normalized spacial score (nSPS) is 21.0. The van der Waals surface area contributed by atoms with Crippen LogP contribution in [-0.2, 0) is 9.53 Å². The van der Waals surface area contributed by atoms with Crippen LogP contribution in [0.1, 0.15) is 25.0 Å². The lowest BCUT2D eigenvalue weighted by Gasteiger charge is -2.16. The number of benzene rings is 1. The van der Waals surface area contributed by atoms with E-state index < -0.39 is 0 Å². The lowest BCUT2D eigenvalue weighted by atomic mass is 10.1. The van der Waals surface area contributed by atoms with Gasteiger partial charge in [-0.3, -0.25) is 9.78 Å². The molecule has 1 fully saturated rings. The fraction of sp³-hybridized carbons (Fsp3) is 0.412. The van der Waals surface area contributed by atoms with Crippen LogP contribution < -0.4 is 5.32 Å². The highest BCUT2D eigenvalue weighted by molar-refractivity contribution is 5.91. The molecule has 4 nitrogen and oxygen atoms in total. The van der Waals surface area contributed by atoms with E-state index in [1.165, 1.54) is 19.2 Å². The monoisotopic (exact) mass is 302 g/mol. The number of carbonyl (C=O) groups excluding carboxylic acids is 1. The lowest BCUT2D eigenvalue weighted by molar-refractivity contribution is -0.145. The number of halogens is 1. The third-order valence-electron chi connectivity index (χ3n) is 4.23. The molecule has 1 heterocycles. The van der Waals surface area contributed by atoms with Crippen LogP contribution in [0.25, 0.3) is 10.9 Å². The predicted octanol–water partition coefficient (Wildman–Crippen LogP) is 3.44. The van der Waals surface area contributed by atoms with Crippen LogP contribution in [0.2, 0.25) is 0 Å². The third-order valence-corrected chi connectivity index (χ3v) is 4.23. The Labute approximate surface area is 128 Å². The Morgan fingerprint density at radius 3 is 2.95 bits per heavy atom. The number of hydrogen-bond acceptors (Lipinski definition) is 4. The summed E-state index contributed by atoms with van der Waals surface area (Å²) >= 11 is 0. The SMILES string of the molecule is COC(=O)[C@H]1CC[C@@H](Nc2cc(C)nc3ccc(F)cc23)C1. The highest BCUT2D eigenvalue weighted by Crippen LogP contribution is 2.31. The van der Waals surface area contributed by atoms with Crippen molar-refractivity contribution in [3.8, 4) is 0 Å². The van der Waals surface area contributed by atoms with Gasteiger partial charge in [0, 0.05) is 22.8 Å². The maximum absolute atomic E-state index is 13.5. The standard InChI is InChI=1S/C17H19FN2O2/c1-10-7-16(14-9-12(18)4-6-15(14)19-10)20-13-5-3-11(8-13)17(21)22-2/h4,6-7,9,11,13H,3,5,8H2,1-2H3,(H,19,20)/t11-,13+/m0/s1. The number of rotatable bonds is 3. The first-order valence-corrected chi connectivity index (χ1v) is 7.48. The van der Waals surface area contributed by atoms with E-state index in [1.54, 1.807) is 6.07 Å². The summed E-state index contributed by atoms with van der Waals surface area (Å²) in [6.45, 7) is 1.92. The molecule has 0 unspecified atom stereocenters. The van der Waals surface area contributed by atoms with Crippen LogP contribution in [0.15, 0.2) is 24.3 Å². The van der Waals surface area contributed by atoms with Gasteiger partial charge in [0.05, 0.1) is 18.5 Å². The van der Waals surface area contributed by atoms with Crippen molar-refractivity contribution in [2.45, 2.75) is 32.2 Å². The number of aryl methyl sites for hydroxylation is 1. The Hall–Kier alpha value is -2.17. The maximum Gasteiger partial charge on any atom is 0.308 e. The summed E-state index contributed by atoms with van der Waals surface area (Å²) in [7, 11) is 1.42. The van der Waals surface area contributed by atoms with Gasteiger partial charge in [-0.1, -0.05) is 0 Å². The Morgan fingerprint density at radius 1 is 1.36 bits per heavy atom. The van der Waals surface area contributed by atoms with Crippen molar-refractivity contribution in [1.29, 1.82) is 0 Å². The van der Waals surface area contributed by atoms with E-state index in [2.05, 4.69) is 10.3 Å². The Kier molecular flexibility index (Phi) is 3.96. The quantitative estimate of drug-likeness (QED) is 0.883. The fourth-order valence-electron chi connectivity index (χ4n) is 3.16. The van der Waals surface area contributed by atoms with Crippen molar-refractivity contribution in [1.82, 2.24) is 4.98 Å². The van der Waals surface area contributed by atoms with Crippen LogP contribution in [-0.4, -0.2) is 24.1 Å². The van der Waals surface area contributed by atoms with Crippen molar-refractivity contribution >= 4 is 22.6 Å². The van der Waals surface area contributed by atoms with Crippen molar-refractivity contribution in [2.75, 3.05) is 12.4 Å². The molecule has 0 radical (unpaired) electrons. The lowest BCUT2D eigenvalue weighted by Crippen LogP contribution is -2.19. The number of pyridine rings is 1. The smallest absolute Gasteiger partial charge is 0.308 e. The molecule has 1 aliphatic rings. The first-order chi connectivity index (χ1) is 10.6. The predicted molar refractivity (Wildman–Crippen MR) is 83.2 cm³/mol. The van der Waals surface area contributed by atoms with Crippen LogP contribution in [0.3, 0.4) is 0 Å². The third kappa shape index (κ3) is 2.89. The van der Waals surface area contributed by atoms with Gasteiger partial charge in [0.25, 0.3) is 0 Å². The fourth-order valence-corrected chi connectivity index (χ4v) is 3.16. The summed E-state index contributed by atoms with van der Waals surface area (Å²) in [6.07, 6.45) is 2.46. The van der Waals surface area contributed by atoms with E-state index in [0.29, 0.717) is 0 Å². The van der Waals surface area contributed by atoms with E-state index in [1.807, 2.05) is 13.0 Å². The summed E-state index contributed by atoms with van der Waals surface area (Å²) in [4.78, 5) is 16.0. The van der Waals surface area contributed by atoms with E-state index >= 15 is 0 Å². The number of nitrogens with zero attached hydrogens (tertiary/aromatic N) is 1. The Morgan fingerprint density at radius 2 is 2.18 bits per heavy atom. The summed E-state index contributed by atoms with van der Waals surface area (Å²) in [6, 6.07) is 6.72. The molecule has 1 aliphatic carbocycles. The van der Waals surface area contributed by atoms with Gasteiger partial charge in [0.2, 0.25) is 0 Å². The Balaban J connectivity index is 1.85. The van der Waals surface area contributed by atoms with E-state index in [0.717, 1.165) is 41.5 Å². The molecule has 2 aromatic rings. The minimum absolute atomic E-state index is 0.0477. The van der Waals surface area contributed by atoms with Crippen LogP contribution in [0, 0.1) is 18.7 Å². The summed E-state index contributed by atoms with van der Waals surface area (Å²) < 4.78 is 18.3. The van der Waals surface area contributed by atoms with E-state index in [4.69, 9.17) is 4.74 Å². The highest BCUT2D eigenvalue weighted by atomic mass is 19.1. The number of ether oxygens (including phenoxy) is 1. The average molecular weight is 302 g/mol. The molecule has 1 N–H and O–H groups in total. The highest BCUT2D eigenvalue weighted by Gasteiger charge is 2.30. The molecular weight excluding hydrogens is 283 g/mol. The zero-order chi connectivity index (χ0) is 15.7. The second kappa shape index (κ2) is 5.91. The zero-order valence-corrected chi connectivity index (χ0v) is 12.7. The molecule has 1 aromatic carbocycles. The molecule has 3 rings (SSSR count). The van der Waals surface area contributed by atoms with Gasteiger partial charge in [-0.25, -0.2) is 4.39 Å². The molecule has 1 aromatic heterocycles. The molecule has 2 atom stereocenters. The first kappa shape index (κ1) is 14.8. The molecule has 22 heavy (non-hydrogen) atoms. The maximum atomic E-state index is 13.5. The summed E-state index contributed by atoms with van der Waals surface area (Å²) in [5, 5.41) is 4.22. The van der Waals surface area contributed by atoms with Crippen molar-refractivity contribution in [3.63, 3.8) is 0 Å². The van der Waals surface area contributed by atoms with Gasteiger partial charge < -0.3 is 10.1 Å². The summed E-state index contributed by atoms with van der Waals surface area (Å²) in [5.41, 5.74) is 2.52. The largest absolute Gasteiger partial charge is 0.469 e. The number of fused-ring (bicyclic) bond motifs is 1. The van der Waals surface area contributed by atoms with Crippen molar-refractivity contribution in [3.05, 3.63) is 35.8 Å². The number of aromatic nitrogens is 1. The number of methoxy groups -OCH3 is 1. The number of hydrogen-bond donors (Lipinski definition) is 1. The van der Waals surface area contributed by atoms with Gasteiger partial charge in [0.1, 0.15) is 5.82 Å². The van der Waals surface area contributed by atoms with Gasteiger partial charge in [0.15, 0.2) is 0 Å². The van der Waals surface area contributed by atoms with E-state index in [9.17, 15) is 9.18 Å². The molecule has 0 bridgehead atoms. The van der Waals surface area contributed by atoms with Crippen molar-refractivity contribution < 1.29 is 13.9 Å². The molecule has 1 saturated carbocycles. The van der Waals surface area contributed by atoms with Gasteiger partial charge in [-0.15, -0.1) is 0 Å². The van der Waals surface area contributed by atoms with E-state index in [-0.39, 0.29) is 23.7 Å². The second-order valence-corrected chi connectivity index (χ2v) is 5.85. The first-order valence-electron chi connectivity index (χ1n) is 7.48. The summed E-state index contributed by atoms with van der Waals surface area (Å²) in [5.74, 6) is -0.473. The van der Waals surface area contributed by atoms with Crippen molar-refractivity contribution in [2.24, 2.45) is 5.92 Å². The molecule has 0 saturated heterocycles. The number of nitrogens with one attached hydrogen (secondary N) is 1. The van der Waals surface area contributed by atoms with Crippen LogP contribution in [0.4, 0.5) is 10.1 Å². The zero-order valence-electron chi connectivity index (χ0n) is 12.7. The molecule has 0 spiro atoms. The topological polar surface area (TPSA) is 51.2 Å². The Bertz CT molecular complexity index is 717. The van der Waals surface area contributed by atoms with Crippen LogP contribution in [0.5, 0.6) is 0 Å². The second-order valence-electron chi connectivity index (χ2n) is 5.85. The number of esters is 1. The average Bonchev–Trinajstić information content (AvgIpc) is 2.95. The van der Waals surface area contributed by atoms with Gasteiger partial charge >= 0.3 is 5.97 Å². The molecule has 5 heteroatoms. The molecule has 0 amide bonds. The van der Waals surface area contributed by atoms with Gasteiger partial charge in [-0.2, -0.15) is 0 Å². The van der Waals surface area contributed by atoms with Gasteiger partial charge in [-0.05, 0) is 50.5 Å².